The molecule has 2 amide bonds. The highest BCUT2D eigenvalue weighted by molar-refractivity contribution is 8.18. The lowest BCUT2D eigenvalue weighted by atomic mass is 10.2. The summed E-state index contributed by atoms with van der Waals surface area (Å²) in [5.41, 5.74) is -0.321. The van der Waals surface area contributed by atoms with Gasteiger partial charge in [-0.1, -0.05) is 12.1 Å². The Morgan fingerprint density at radius 3 is 2.25 bits per heavy atom. The first-order valence-electron chi connectivity index (χ1n) is 7.68. The van der Waals surface area contributed by atoms with Crippen LogP contribution in [0.1, 0.15) is 5.56 Å². The zero-order valence-electron chi connectivity index (χ0n) is 14.2. The van der Waals surface area contributed by atoms with E-state index in [4.69, 9.17) is 4.74 Å². The summed E-state index contributed by atoms with van der Waals surface area (Å²) in [4.78, 5) is 45.1. The third-order valence-corrected chi connectivity index (χ3v) is 4.70. The maximum Gasteiger partial charge on any atom is 0.318 e. The van der Waals surface area contributed by atoms with Gasteiger partial charge in [0.2, 0.25) is 5.75 Å². The molecule has 28 heavy (non-hydrogen) atoms. The van der Waals surface area contributed by atoms with Crippen LogP contribution in [0.2, 0.25) is 0 Å². The van der Waals surface area contributed by atoms with Crippen LogP contribution in [0.15, 0.2) is 47.4 Å². The second-order valence-electron chi connectivity index (χ2n) is 5.58. The van der Waals surface area contributed by atoms with Gasteiger partial charge in [-0.25, -0.2) is 0 Å². The van der Waals surface area contributed by atoms with Crippen LogP contribution in [0.3, 0.4) is 0 Å². The molecular formula is C17H11N3O7S. The first-order chi connectivity index (χ1) is 13.3. The number of nitrogens with zero attached hydrogens (tertiary/aromatic N) is 3. The van der Waals surface area contributed by atoms with E-state index in [2.05, 4.69) is 0 Å². The van der Waals surface area contributed by atoms with Gasteiger partial charge in [0.1, 0.15) is 5.75 Å². The molecule has 2 aromatic rings. The van der Waals surface area contributed by atoms with Crippen LogP contribution in [0.25, 0.3) is 6.08 Å². The van der Waals surface area contributed by atoms with Gasteiger partial charge in [0.15, 0.2) is 0 Å². The standard InChI is InChI=1S/C17H11N3O7S/c1-18-16(21)15(28-17(18)22)8-10-2-5-12(6-3-10)27-14-7-4-11(19(23)24)9-13(14)20(25)26/h2-9H,1H3. The van der Waals surface area contributed by atoms with Crippen molar-refractivity contribution in [3.05, 3.63) is 73.2 Å². The number of non-ortho nitro benzene ring substituents is 1. The number of nitro benzene ring substituents is 2. The van der Waals surface area contributed by atoms with Crippen LogP contribution in [-0.4, -0.2) is 32.9 Å². The Morgan fingerprint density at radius 2 is 1.71 bits per heavy atom. The molecule has 1 fully saturated rings. The molecule has 0 aliphatic carbocycles. The van der Waals surface area contributed by atoms with Gasteiger partial charge in [0.25, 0.3) is 16.8 Å². The summed E-state index contributed by atoms with van der Waals surface area (Å²) in [5.74, 6) is -0.273. The number of nitro groups is 2. The predicted molar refractivity (Wildman–Crippen MR) is 100 cm³/mol. The van der Waals surface area contributed by atoms with Gasteiger partial charge >= 0.3 is 5.69 Å². The Hall–Kier alpha value is -3.73. The van der Waals surface area contributed by atoms with Crippen molar-refractivity contribution in [2.24, 2.45) is 0 Å². The number of benzene rings is 2. The molecule has 0 saturated carbocycles. The Labute approximate surface area is 161 Å². The molecule has 1 aliphatic rings. The van der Waals surface area contributed by atoms with E-state index in [1.807, 2.05) is 0 Å². The van der Waals surface area contributed by atoms with E-state index >= 15 is 0 Å². The number of hydrogen-bond acceptors (Lipinski definition) is 8. The minimum Gasteiger partial charge on any atom is -0.450 e. The van der Waals surface area contributed by atoms with Crippen molar-refractivity contribution in [3.8, 4) is 11.5 Å². The van der Waals surface area contributed by atoms with Crippen LogP contribution < -0.4 is 4.74 Å². The minimum absolute atomic E-state index is 0.143. The highest BCUT2D eigenvalue weighted by Crippen LogP contribution is 2.35. The second kappa shape index (κ2) is 7.48. The summed E-state index contributed by atoms with van der Waals surface area (Å²) >= 11 is 0.830. The number of hydrogen-bond donors (Lipinski definition) is 0. The summed E-state index contributed by atoms with van der Waals surface area (Å²) in [6.45, 7) is 0. The maximum atomic E-state index is 11.9. The van der Waals surface area contributed by atoms with Gasteiger partial charge in [-0.15, -0.1) is 0 Å². The number of ether oxygens (including phenoxy) is 1. The van der Waals surface area contributed by atoms with Crippen LogP contribution in [0, 0.1) is 20.2 Å². The molecule has 0 bridgehead atoms. The summed E-state index contributed by atoms with van der Waals surface area (Å²) in [7, 11) is 1.40. The average molecular weight is 401 g/mol. The lowest BCUT2D eigenvalue weighted by molar-refractivity contribution is -0.394. The molecule has 10 nitrogen and oxygen atoms in total. The lowest BCUT2D eigenvalue weighted by Gasteiger charge is -2.06. The molecule has 11 heteroatoms. The molecule has 0 spiro atoms. The van der Waals surface area contributed by atoms with Crippen molar-refractivity contribution in [2.45, 2.75) is 0 Å². The van der Waals surface area contributed by atoms with Crippen LogP contribution >= 0.6 is 11.8 Å². The van der Waals surface area contributed by atoms with E-state index < -0.39 is 27.1 Å². The van der Waals surface area contributed by atoms with E-state index in [1.165, 1.54) is 19.2 Å². The van der Waals surface area contributed by atoms with Crippen LogP contribution in [0.4, 0.5) is 16.2 Å². The molecule has 0 aromatic heterocycles. The normalized spacial score (nSPS) is 15.2. The van der Waals surface area contributed by atoms with Crippen molar-refractivity contribution in [1.82, 2.24) is 4.90 Å². The largest absolute Gasteiger partial charge is 0.450 e. The fourth-order valence-corrected chi connectivity index (χ4v) is 3.13. The molecule has 0 N–H and O–H groups in total. The first-order valence-corrected chi connectivity index (χ1v) is 8.50. The number of thioether (sulfide) groups is 1. The van der Waals surface area contributed by atoms with Gasteiger partial charge in [-0.2, -0.15) is 0 Å². The fraction of sp³-hybridized carbons (Fsp3) is 0.0588. The fourth-order valence-electron chi connectivity index (χ4n) is 2.30. The topological polar surface area (TPSA) is 133 Å². The van der Waals surface area contributed by atoms with E-state index in [-0.39, 0.29) is 21.6 Å². The van der Waals surface area contributed by atoms with E-state index in [0.29, 0.717) is 5.56 Å². The Balaban J connectivity index is 1.82. The van der Waals surface area contributed by atoms with Crippen molar-refractivity contribution >= 4 is 40.4 Å². The van der Waals surface area contributed by atoms with Crippen molar-refractivity contribution in [3.63, 3.8) is 0 Å². The Bertz CT molecular complexity index is 1030. The van der Waals surface area contributed by atoms with E-state index in [0.717, 1.165) is 34.9 Å². The van der Waals surface area contributed by atoms with E-state index in [1.54, 1.807) is 18.2 Å². The number of rotatable bonds is 5. The van der Waals surface area contributed by atoms with Crippen molar-refractivity contribution in [1.29, 1.82) is 0 Å². The SMILES string of the molecule is CN1C(=O)SC(=Cc2ccc(Oc3ccc([N+](=O)[O-])cc3[N+](=O)[O-])cc2)C1=O. The minimum atomic E-state index is -0.766. The highest BCUT2D eigenvalue weighted by atomic mass is 32.2. The van der Waals surface area contributed by atoms with Gasteiger partial charge in [-0.05, 0) is 41.6 Å². The predicted octanol–water partition coefficient (Wildman–Crippen LogP) is 3.96. The van der Waals surface area contributed by atoms with Gasteiger partial charge < -0.3 is 4.74 Å². The first kappa shape index (κ1) is 19.0. The number of imide groups is 1. The summed E-state index contributed by atoms with van der Waals surface area (Å²) < 4.78 is 5.47. The molecule has 0 atom stereocenters. The Kier molecular flexibility index (Phi) is 5.09. The number of carbonyl (C=O) groups excluding carboxylic acids is 2. The third kappa shape index (κ3) is 3.83. The van der Waals surface area contributed by atoms with Crippen molar-refractivity contribution < 1.29 is 24.2 Å². The molecule has 142 valence electrons. The summed E-state index contributed by atoms with van der Waals surface area (Å²) in [6, 6.07) is 9.34. The molecule has 1 saturated heterocycles. The van der Waals surface area contributed by atoms with Gasteiger partial charge in [-0.3, -0.25) is 34.7 Å². The third-order valence-electron chi connectivity index (χ3n) is 3.74. The Morgan fingerprint density at radius 1 is 1.04 bits per heavy atom. The van der Waals surface area contributed by atoms with Crippen molar-refractivity contribution in [2.75, 3.05) is 7.05 Å². The molecule has 1 aliphatic heterocycles. The highest BCUT2D eigenvalue weighted by Gasteiger charge is 2.31. The number of amides is 2. The maximum absolute atomic E-state index is 11.9. The van der Waals surface area contributed by atoms with Crippen LogP contribution in [-0.2, 0) is 4.79 Å². The molecule has 0 unspecified atom stereocenters. The van der Waals surface area contributed by atoms with Gasteiger partial charge in [0.05, 0.1) is 20.8 Å². The quantitative estimate of drug-likeness (QED) is 0.417. The zero-order chi connectivity index (χ0) is 20.4. The molecular weight excluding hydrogens is 390 g/mol. The zero-order valence-corrected chi connectivity index (χ0v) is 15.0. The van der Waals surface area contributed by atoms with E-state index in [9.17, 15) is 29.8 Å². The molecule has 1 heterocycles. The summed E-state index contributed by atoms with van der Waals surface area (Å²) in [6.07, 6.45) is 1.55. The van der Waals surface area contributed by atoms with Gasteiger partial charge in [0, 0.05) is 13.1 Å². The summed E-state index contributed by atoms with van der Waals surface area (Å²) in [5, 5.41) is 21.6. The number of likely N-dealkylation sites (N-methyl/N-ethyl adjacent to an activating group) is 1. The lowest BCUT2D eigenvalue weighted by Crippen LogP contribution is -2.22. The molecule has 3 rings (SSSR count). The second-order valence-corrected chi connectivity index (χ2v) is 6.57. The number of carbonyl (C=O) groups is 2. The molecule has 0 radical (unpaired) electrons. The monoisotopic (exact) mass is 401 g/mol. The molecule has 2 aromatic carbocycles. The average Bonchev–Trinajstić information content (AvgIpc) is 2.90. The van der Waals surface area contributed by atoms with Crippen LogP contribution in [0.5, 0.6) is 11.5 Å². The smallest absolute Gasteiger partial charge is 0.318 e.